The highest BCUT2D eigenvalue weighted by Crippen LogP contribution is 2.44. The van der Waals surface area contributed by atoms with Crippen LogP contribution in [0.4, 0.5) is 5.00 Å². The Morgan fingerprint density at radius 3 is 2.57 bits per heavy atom. The highest BCUT2D eigenvalue weighted by atomic mass is 32.2. The Balaban J connectivity index is 2.47. The summed E-state index contributed by atoms with van der Waals surface area (Å²) in [7, 11) is 0. The third-order valence-electron chi connectivity index (χ3n) is 2.88. The first-order valence-electron chi connectivity index (χ1n) is 6.86. The van der Waals surface area contributed by atoms with Crippen molar-refractivity contribution in [1.82, 2.24) is 0 Å². The lowest BCUT2D eigenvalue weighted by Crippen LogP contribution is -2.07. The fourth-order valence-electron chi connectivity index (χ4n) is 1.94. The van der Waals surface area contributed by atoms with E-state index in [1.807, 2.05) is 30.3 Å². The Bertz CT molecular complexity index is 621. The van der Waals surface area contributed by atoms with Gasteiger partial charge in [-0.05, 0) is 25.0 Å². The molecule has 1 heterocycles. The molecule has 1 aromatic carbocycles. The SMILES string of the molecule is CCOC(=O)c1c(N)sc(C(C)C)c1Sc1ccccc1. The molecule has 0 fully saturated rings. The van der Waals surface area contributed by atoms with Gasteiger partial charge in [-0.2, -0.15) is 0 Å². The summed E-state index contributed by atoms with van der Waals surface area (Å²) >= 11 is 3.05. The highest BCUT2D eigenvalue weighted by molar-refractivity contribution is 7.99. The number of hydrogen-bond donors (Lipinski definition) is 1. The van der Waals surface area contributed by atoms with Crippen molar-refractivity contribution in [2.75, 3.05) is 12.3 Å². The van der Waals surface area contributed by atoms with Gasteiger partial charge in [-0.15, -0.1) is 11.3 Å². The third kappa shape index (κ3) is 3.60. The van der Waals surface area contributed by atoms with Crippen molar-refractivity contribution in [3.05, 3.63) is 40.8 Å². The van der Waals surface area contributed by atoms with Crippen molar-refractivity contribution < 1.29 is 9.53 Å². The molecule has 0 amide bonds. The topological polar surface area (TPSA) is 52.3 Å². The first-order valence-corrected chi connectivity index (χ1v) is 8.50. The van der Waals surface area contributed by atoms with Gasteiger partial charge in [0.05, 0.1) is 6.61 Å². The molecule has 0 aliphatic rings. The molecule has 21 heavy (non-hydrogen) atoms. The van der Waals surface area contributed by atoms with Crippen LogP contribution in [-0.2, 0) is 4.74 Å². The van der Waals surface area contributed by atoms with Crippen LogP contribution in [-0.4, -0.2) is 12.6 Å². The zero-order chi connectivity index (χ0) is 15.4. The van der Waals surface area contributed by atoms with Crippen molar-refractivity contribution in [3.63, 3.8) is 0 Å². The number of thiophene rings is 1. The molecular weight excluding hydrogens is 302 g/mol. The van der Waals surface area contributed by atoms with E-state index in [1.54, 1.807) is 18.7 Å². The number of rotatable bonds is 5. The Kier molecular flexibility index (Phi) is 5.31. The molecule has 0 saturated carbocycles. The van der Waals surface area contributed by atoms with Crippen LogP contribution in [0.3, 0.4) is 0 Å². The van der Waals surface area contributed by atoms with Gasteiger partial charge in [-0.1, -0.05) is 43.8 Å². The van der Waals surface area contributed by atoms with E-state index in [1.165, 1.54) is 11.3 Å². The summed E-state index contributed by atoms with van der Waals surface area (Å²) in [5.74, 6) is -0.0248. The minimum absolute atomic E-state index is 0.312. The van der Waals surface area contributed by atoms with E-state index in [4.69, 9.17) is 10.5 Å². The predicted octanol–water partition coefficient (Wildman–Crippen LogP) is 4.78. The van der Waals surface area contributed by atoms with Crippen molar-refractivity contribution in [3.8, 4) is 0 Å². The Morgan fingerprint density at radius 2 is 2.00 bits per heavy atom. The van der Waals surface area contributed by atoms with Crippen LogP contribution in [0.2, 0.25) is 0 Å². The van der Waals surface area contributed by atoms with Crippen molar-refractivity contribution in [2.45, 2.75) is 36.5 Å². The van der Waals surface area contributed by atoms with Crippen molar-refractivity contribution in [2.24, 2.45) is 0 Å². The fourth-order valence-corrected chi connectivity index (χ4v) is 4.37. The number of anilines is 1. The van der Waals surface area contributed by atoms with Gasteiger partial charge in [0, 0.05) is 14.7 Å². The van der Waals surface area contributed by atoms with Crippen molar-refractivity contribution in [1.29, 1.82) is 0 Å². The van der Waals surface area contributed by atoms with E-state index in [0.717, 1.165) is 14.7 Å². The Hall–Kier alpha value is -1.46. The average molecular weight is 321 g/mol. The summed E-state index contributed by atoms with van der Waals surface area (Å²) in [6.45, 7) is 6.36. The number of carbonyl (C=O) groups excluding carboxylic acids is 1. The molecule has 0 spiro atoms. The van der Waals surface area contributed by atoms with Gasteiger partial charge in [0.25, 0.3) is 0 Å². The highest BCUT2D eigenvalue weighted by Gasteiger charge is 2.25. The second-order valence-electron chi connectivity index (χ2n) is 4.82. The number of carbonyl (C=O) groups is 1. The molecule has 0 radical (unpaired) electrons. The summed E-state index contributed by atoms with van der Waals surface area (Å²) in [6, 6.07) is 9.99. The van der Waals surface area contributed by atoms with Gasteiger partial charge >= 0.3 is 5.97 Å². The van der Waals surface area contributed by atoms with E-state index in [0.29, 0.717) is 23.1 Å². The molecule has 3 nitrogen and oxygen atoms in total. The molecule has 2 rings (SSSR count). The van der Waals surface area contributed by atoms with Gasteiger partial charge in [0.15, 0.2) is 0 Å². The molecule has 0 aliphatic heterocycles. The van der Waals surface area contributed by atoms with Gasteiger partial charge in [0.2, 0.25) is 0 Å². The first kappa shape index (κ1) is 15.9. The monoisotopic (exact) mass is 321 g/mol. The second kappa shape index (κ2) is 7.00. The molecule has 0 atom stereocenters. The normalized spacial score (nSPS) is 10.9. The van der Waals surface area contributed by atoms with Gasteiger partial charge in [-0.25, -0.2) is 4.79 Å². The summed E-state index contributed by atoms with van der Waals surface area (Å²) in [6.07, 6.45) is 0. The number of ether oxygens (including phenoxy) is 1. The van der Waals surface area contributed by atoms with Crippen LogP contribution in [0.15, 0.2) is 40.1 Å². The maximum atomic E-state index is 12.2. The molecule has 0 bridgehead atoms. The van der Waals surface area contributed by atoms with Crippen LogP contribution in [0, 0.1) is 0 Å². The molecule has 0 unspecified atom stereocenters. The largest absolute Gasteiger partial charge is 0.462 e. The lowest BCUT2D eigenvalue weighted by atomic mass is 10.1. The summed E-state index contributed by atoms with van der Waals surface area (Å²) in [4.78, 5) is 15.3. The quantitative estimate of drug-likeness (QED) is 0.805. The fraction of sp³-hybridized carbons (Fsp3) is 0.312. The first-order chi connectivity index (χ1) is 10.0. The minimum Gasteiger partial charge on any atom is -0.462 e. The van der Waals surface area contributed by atoms with Gasteiger partial charge in [0.1, 0.15) is 10.6 Å². The molecule has 2 N–H and O–H groups in total. The zero-order valence-electron chi connectivity index (χ0n) is 12.4. The van der Waals surface area contributed by atoms with Crippen LogP contribution in [0.1, 0.15) is 41.9 Å². The number of esters is 1. The number of nitrogen functional groups attached to an aromatic ring is 1. The zero-order valence-corrected chi connectivity index (χ0v) is 14.0. The average Bonchev–Trinajstić information content (AvgIpc) is 2.77. The molecule has 2 aromatic rings. The van der Waals surface area contributed by atoms with Crippen LogP contribution in [0.5, 0.6) is 0 Å². The predicted molar refractivity (Wildman–Crippen MR) is 89.3 cm³/mol. The molecule has 5 heteroatoms. The van der Waals surface area contributed by atoms with Crippen LogP contribution < -0.4 is 5.73 Å². The maximum absolute atomic E-state index is 12.2. The smallest absolute Gasteiger partial charge is 0.342 e. The number of nitrogens with two attached hydrogens (primary N) is 1. The second-order valence-corrected chi connectivity index (χ2v) is 6.99. The lowest BCUT2D eigenvalue weighted by Gasteiger charge is -2.09. The number of hydrogen-bond acceptors (Lipinski definition) is 5. The minimum atomic E-state index is -0.336. The van der Waals surface area contributed by atoms with E-state index < -0.39 is 0 Å². The molecule has 0 saturated heterocycles. The van der Waals surface area contributed by atoms with E-state index >= 15 is 0 Å². The molecule has 112 valence electrons. The van der Waals surface area contributed by atoms with E-state index in [-0.39, 0.29) is 5.97 Å². The summed E-state index contributed by atoms with van der Waals surface area (Å²) in [5.41, 5.74) is 6.58. The molecule has 1 aromatic heterocycles. The number of benzene rings is 1. The summed E-state index contributed by atoms with van der Waals surface area (Å²) in [5, 5.41) is 0.538. The van der Waals surface area contributed by atoms with Gasteiger partial charge < -0.3 is 10.5 Å². The van der Waals surface area contributed by atoms with E-state index in [2.05, 4.69) is 13.8 Å². The molecule has 0 aliphatic carbocycles. The van der Waals surface area contributed by atoms with Crippen molar-refractivity contribution >= 4 is 34.1 Å². The Morgan fingerprint density at radius 1 is 1.33 bits per heavy atom. The van der Waals surface area contributed by atoms with Crippen LogP contribution in [0.25, 0.3) is 0 Å². The van der Waals surface area contributed by atoms with E-state index in [9.17, 15) is 4.79 Å². The maximum Gasteiger partial charge on any atom is 0.342 e. The van der Waals surface area contributed by atoms with Crippen LogP contribution >= 0.6 is 23.1 Å². The standard InChI is InChI=1S/C16H19NO2S2/c1-4-19-16(18)12-14(13(10(2)3)21-15(12)17)20-11-8-6-5-7-9-11/h5-10H,4,17H2,1-3H3. The van der Waals surface area contributed by atoms with Gasteiger partial charge in [-0.3, -0.25) is 0 Å². The molecular formula is C16H19NO2S2. The lowest BCUT2D eigenvalue weighted by molar-refractivity contribution is 0.0524. The summed E-state index contributed by atoms with van der Waals surface area (Å²) < 4.78 is 5.15. The Labute approximate surface area is 133 Å². The third-order valence-corrected chi connectivity index (χ3v) is 5.47.